The molecule has 0 fully saturated rings. The van der Waals surface area contributed by atoms with Gasteiger partial charge >= 0.3 is 5.97 Å². The van der Waals surface area contributed by atoms with Crippen LogP contribution in [-0.2, 0) is 11.3 Å². The van der Waals surface area contributed by atoms with Gasteiger partial charge < -0.3 is 10.0 Å². The molecule has 3 rings (SSSR count). The van der Waals surface area contributed by atoms with Gasteiger partial charge in [-0.15, -0.1) is 0 Å². The standard InChI is InChI=1S/C16H15N3O3/c1-10-12(6-7-17-18-10)15(20)19-8-11-4-2-3-5-13(11)14(9-19)16(21)22/h2-7,14H,8-9H2,1H3,(H,21,22). The van der Waals surface area contributed by atoms with Crippen LogP contribution in [0, 0.1) is 6.92 Å². The van der Waals surface area contributed by atoms with Crippen molar-refractivity contribution in [1.82, 2.24) is 15.1 Å². The predicted molar refractivity (Wildman–Crippen MR) is 78.3 cm³/mol. The monoisotopic (exact) mass is 297 g/mol. The van der Waals surface area contributed by atoms with Crippen molar-refractivity contribution in [3.05, 3.63) is 58.9 Å². The molecule has 1 aliphatic rings. The minimum absolute atomic E-state index is 0.160. The summed E-state index contributed by atoms with van der Waals surface area (Å²) < 4.78 is 0. The second-order valence-electron chi connectivity index (χ2n) is 5.31. The van der Waals surface area contributed by atoms with Crippen molar-refractivity contribution >= 4 is 11.9 Å². The minimum atomic E-state index is -0.922. The molecule has 0 saturated heterocycles. The summed E-state index contributed by atoms with van der Waals surface area (Å²) in [5.41, 5.74) is 2.65. The minimum Gasteiger partial charge on any atom is -0.481 e. The maximum atomic E-state index is 12.7. The zero-order valence-electron chi connectivity index (χ0n) is 12.1. The van der Waals surface area contributed by atoms with Crippen molar-refractivity contribution in [2.45, 2.75) is 19.4 Å². The maximum absolute atomic E-state index is 12.7. The van der Waals surface area contributed by atoms with Crippen LogP contribution < -0.4 is 0 Å². The summed E-state index contributed by atoms with van der Waals surface area (Å²) in [5, 5.41) is 17.1. The Kier molecular flexibility index (Phi) is 3.58. The number of rotatable bonds is 2. The topological polar surface area (TPSA) is 83.4 Å². The Morgan fingerprint density at radius 3 is 2.77 bits per heavy atom. The Balaban J connectivity index is 1.96. The Morgan fingerprint density at radius 1 is 1.27 bits per heavy atom. The zero-order valence-corrected chi connectivity index (χ0v) is 12.1. The van der Waals surface area contributed by atoms with Crippen LogP contribution in [0.2, 0.25) is 0 Å². The molecule has 6 heteroatoms. The number of carbonyl (C=O) groups excluding carboxylic acids is 1. The highest BCUT2D eigenvalue weighted by molar-refractivity contribution is 5.95. The highest BCUT2D eigenvalue weighted by Crippen LogP contribution is 2.29. The number of aliphatic carboxylic acids is 1. The molecule has 2 heterocycles. The number of carbonyl (C=O) groups is 2. The lowest BCUT2D eigenvalue weighted by Crippen LogP contribution is -2.40. The molecule has 1 aromatic carbocycles. The van der Waals surface area contributed by atoms with Gasteiger partial charge in [-0.05, 0) is 24.1 Å². The van der Waals surface area contributed by atoms with Gasteiger partial charge in [0, 0.05) is 13.1 Å². The average Bonchev–Trinajstić information content (AvgIpc) is 2.53. The highest BCUT2D eigenvalue weighted by atomic mass is 16.4. The van der Waals surface area contributed by atoms with Crippen LogP contribution in [0.25, 0.3) is 0 Å². The van der Waals surface area contributed by atoms with Gasteiger partial charge in [-0.3, -0.25) is 9.59 Å². The molecule has 1 atom stereocenters. The fourth-order valence-electron chi connectivity index (χ4n) is 2.77. The number of nitrogens with zero attached hydrogens (tertiary/aromatic N) is 3. The SMILES string of the molecule is Cc1nnccc1C(=O)N1Cc2ccccc2C(C(=O)O)C1. The largest absolute Gasteiger partial charge is 0.481 e. The van der Waals surface area contributed by atoms with Gasteiger partial charge in [0.05, 0.1) is 23.4 Å². The number of aryl methyl sites for hydroxylation is 1. The van der Waals surface area contributed by atoms with E-state index in [9.17, 15) is 14.7 Å². The van der Waals surface area contributed by atoms with Crippen molar-refractivity contribution in [2.24, 2.45) is 0 Å². The van der Waals surface area contributed by atoms with E-state index < -0.39 is 11.9 Å². The Morgan fingerprint density at radius 2 is 2.05 bits per heavy atom. The van der Waals surface area contributed by atoms with Crippen molar-refractivity contribution in [3.8, 4) is 0 Å². The second-order valence-corrected chi connectivity index (χ2v) is 5.31. The van der Waals surface area contributed by atoms with E-state index in [0.717, 1.165) is 11.1 Å². The van der Waals surface area contributed by atoms with Crippen LogP contribution in [0.15, 0.2) is 36.5 Å². The molecule has 1 aliphatic heterocycles. The van der Waals surface area contributed by atoms with Gasteiger partial charge in [0.15, 0.2) is 0 Å². The molecular formula is C16H15N3O3. The summed E-state index contributed by atoms with van der Waals surface area (Å²) >= 11 is 0. The van der Waals surface area contributed by atoms with E-state index in [1.54, 1.807) is 17.9 Å². The van der Waals surface area contributed by atoms with E-state index in [4.69, 9.17) is 0 Å². The van der Waals surface area contributed by atoms with E-state index in [1.807, 2.05) is 24.3 Å². The van der Waals surface area contributed by atoms with Crippen LogP contribution in [0.3, 0.4) is 0 Å². The van der Waals surface area contributed by atoms with Crippen LogP contribution in [0.1, 0.15) is 33.1 Å². The first kappa shape index (κ1) is 14.2. The summed E-state index contributed by atoms with van der Waals surface area (Å²) in [6.07, 6.45) is 1.47. The summed E-state index contributed by atoms with van der Waals surface area (Å²) in [6.45, 7) is 2.28. The predicted octanol–water partition coefficient (Wildman–Crippen LogP) is 1.61. The molecule has 22 heavy (non-hydrogen) atoms. The normalized spacial score (nSPS) is 17.0. The molecule has 1 aromatic heterocycles. The summed E-state index contributed by atoms with van der Waals surface area (Å²) in [7, 11) is 0. The molecule has 1 N–H and O–H groups in total. The molecule has 0 saturated carbocycles. The van der Waals surface area contributed by atoms with E-state index in [1.165, 1.54) is 6.20 Å². The van der Waals surface area contributed by atoms with Crippen molar-refractivity contribution in [2.75, 3.05) is 6.54 Å². The number of benzene rings is 1. The lowest BCUT2D eigenvalue weighted by atomic mass is 9.89. The van der Waals surface area contributed by atoms with E-state index in [-0.39, 0.29) is 12.5 Å². The molecule has 0 aliphatic carbocycles. The van der Waals surface area contributed by atoms with E-state index in [0.29, 0.717) is 17.8 Å². The Labute approximate surface area is 127 Å². The van der Waals surface area contributed by atoms with Crippen LogP contribution in [-0.4, -0.2) is 38.6 Å². The number of hydrogen-bond donors (Lipinski definition) is 1. The lowest BCUT2D eigenvalue weighted by molar-refractivity contribution is -0.139. The second kappa shape index (κ2) is 5.55. The van der Waals surface area contributed by atoms with Gasteiger partial charge in [0.1, 0.15) is 0 Å². The number of carboxylic acids is 1. The molecule has 6 nitrogen and oxygen atoms in total. The van der Waals surface area contributed by atoms with Crippen molar-refractivity contribution in [3.63, 3.8) is 0 Å². The third-order valence-corrected chi connectivity index (χ3v) is 3.92. The fraction of sp³-hybridized carbons (Fsp3) is 0.250. The average molecular weight is 297 g/mol. The number of carboxylic acid groups (broad SMARTS) is 1. The van der Waals surface area contributed by atoms with Crippen LogP contribution >= 0.6 is 0 Å². The smallest absolute Gasteiger partial charge is 0.312 e. The Hall–Kier alpha value is -2.76. The quantitative estimate of drug-likeness (QED) is 0.910. The van der Waals surface area contributed by atoms with Crippen molar-refractivity contribution in [1.29, 1.82) is 0 Å². The van der Waals surface area contributed by atoms with E-state index >= 15 is 0 Å². The number of aromatic nitrogens is 2. The summed E-state index contributed by atoms with van der Waals surface area (Å²) in [5.74, 6) is -1.84. The van der Waals surface area contributed by atoms with Crippen LogP contribution in [0.4, 0.5) is 0 Å². The summed E-state index contributed by atoms with van der Waals surface area (Å²) in [4.78, 5) is 25.8. The molecule has 112 valence electrons. The molecule has 0 radical (unpaired) electrons. The molecule has 1 unspecified atom stereocenters. The van der Waals surface area contributed by atoms with Crippen LogP contribution in [0.5, 0.6) is 0 Å². The number of hydrogen-bond acceptors (Lipinski definition) is 4. The first-order valence-corrected chi connectivity index (χ1v) is 6.96. The van der Waals surface area contributed by atoms with Gasteiger partial charge in [0.2, 0.25) is 0 Å². The third-order valence-electron chi connectivity index (χ3n) is 3.92. The highest BCUT2D eigenvalue weighted by Gasteiger charge is 2.33. The molecule has 2 aromatic rings. The van der Waals surface area contributed by atoms with Gasteiger partial charge in [-0.2, -0.15) is 10.2 Å². The molecule has 0 bridgehead atoms. The molecular weight excluding hydrogens is 282 g/mol. The van der Waals surface area contributed by atoms with E-state index in [2.05, 4.69) is 10.2 Å². The maximum Gasteiger partial charge on any atom is 0.312 e. The lowest BCUT2D eigenvalue weighted by Gasteiger charge is -2.33. The first-order valence-electron chi connectivity index (χ1n) is 6.96. The third kappa shape index (κ3) is 2.43. The first-order chi connectivity index (χ1) is 10.6. The van der Waals surface area contributed by atoms with Gasteiger partial charge in [0.25, 0.3) is 5.91 Å². The number of fused-ring (bicyclic) bond motifs is 1. The van der Waals surface area contributed by atoms with Crippen molar-refractivity contribution < 1.29 is 14.7 Å². The molecule has 1 amide bonds. The Bertz CT molecular complexity index is 745. The molecule has 0 spiro atoms. The van der Waals surface area contributed by atoms with Gasteiger partial charge in [-0.25, -0.2) is 0 Å². The summed E-state index contributed by atoms with van der Waals surface area (Å²) in [6, 6.07) is 8.96. The van der Waals surface area contributed by atoms with Gasteiger partial charge in [-0.1, -0.05) is 24.3 Å². The number of amides is 1. The fourth-order valence-corrected chi connectivity index (χ4v) is 2.77. The zero-order chi connectivity index (χ0) is 15.7.